The van der Waals surface area contributed by atoms with E-state index in [1.807, 2.05) is 23.6 Å². The fourth-order valence-corrected chi connectivity index (χ4v) is 3.52. The van der Waals surface area contributed by atoms with Crippen LogP contribution in [-0.4, -0.2) is 23.4 Å². The first-order chi connectivity index (χ1) is 12.7. The number of rotatable bonds is 7. The molecule has 1 N–H and O–H groups in total. The van der Waals surface area contributed by atoms with Gasteiger partial charge in [0.25, 0.3) is 0 Å². The quantitative estimate of drug-likeness (QED) is 0.602. The van der Waals surface area contributed by atoms with Gasteiger partial charge in [-0.05, 0) is 37.1 Å². The van der Waals surface area contributed by atoms with Crippen molar-refractivity contribution in [3.05, 3.63) is 52.5 Å². The van der Waals surface area contributed by atoms with Gasteiger partial charge in [-0.2, -0.15) is 0 Å². The van der Waals surface area contributed by atoms with Crippen LogP contribution >= 0.6 is 11.3 Å². The van der Waals surface area contributed by atoms with Gasteiger partial charge in [0.2, 0.25) is 0 Å². The van der Waals surface area contributed by atoms with Crippen LogP contribution in [0.2, 0.25) is 0 Å². The number of nitrogens with zero attached hydrogens (tertiary/aromatic N) is 2. The Morgan fingerprint density at radius 2 is 1.92 bits per heavy atom. The highest BCUT2D eigenvalue weighted by molar-refractivity contribution is 7.13. The van der Waals surface area contributed by atoms with E-state index in [2.05, 4.69) is 19.2 Å². The van der Waals surface area contributed by atoms with E-state index in [9.17, 15) is 4.79 Å². The highest BCUT2D eigenvalue weighted by atomic mass is 32.1. The van der Waals surface area contributed by atoms with Crippen molar-refractivity contribution in [2.24, 2.45) is 0 Å². The maximum absolute atomic E-state index is 10.8. The van der Waals surface area contributed by atoms with E-state index in [0.717, 1.165) is 52.5 Å². The fourth-order valence-electron chi connectivity index (χ4n) is 2.73. The van der Waals surface area contributed by atoms with Crippen molar-refractivity contribution < 1.29 is 9.53 Å². The molecule has 1 aromatic carbocycles. The van der Waals surface area contributed by atoms with Crippen molar-refractivity contribution in [1.29, 1.82) is 0 Å². The van der Waals surface area contributed by atoms with Crippen molar-refractivity contribution in [3.63, 3.8) is 0 Å². The van der Waals surface area contributed by atoms with E-state index in [1.54, 1.807) is 30.6 Å². The number of hydrogen-bond acceptors (Lipinski definition) is 6. The lowest BCUT2D eigenvalue weighted by atomic mass is 10.1. The molecule has 0 amide bonds. The van der Waals surface area contributed by atoms with Gasteiger partial charge in [-0.25, -0.2) is 9.97 Å². The number of aromatic nitrogens is 2. The second-order valence-corrected chi connectivity index (χ2v) is 6.66. The Kier molecular flexibility index (Phi) is 5.63. The molecule has 3 aromatic rings. The molecule has 0 radical (unpaired) electrons. The zero-order valence-electron chi connectivity index (χ0n) is 15.1. The number of hydrogen-bond donors (Lipinski definition) is 1. The van der Waals surface area contributed by atoms with Crippen LogP contribution in [-0.2, 0) is 12.8 Å². The third kappa shape index (κ3) is 3.75. The number of nitrogens with one attached hydrogen (secondary N) is 1. The largest absolute Gasteiger partial charge is 0.496 e. The van der Waals surface area contributed by atoms with E-state index in [4.69, 9.17) is 14.7 Å². The van der Waals surface area contributed by atoms with Gasteiger partial charge in [-0.1, -0.05) is 13.8 Å². The molecule has 26 heavy (non-hydrogen) atoms. The van der Waals surface area contributed by atoms with E-state index in [-0.39, 0.29) is 0 Å². The normalized spacial score (nSPS) is 10.6. The lowest BCUT2D eigenvalue weighted by Crippen LogP contribution is -2.06. The predicted molar refractivity (Wildman–Crippen MR) is 106 cm³/mol. The molecule has 0 aliphatic carbocycles. The van der Waals surface area contributed by atoms with Crippen molar-refractivity contribution in [2.45, 2.75) is 26.7 Å². The summed E-state index contributed by atoms with van der Waals surface area (Å²) in [7, 11) is 1.65. The van der Waals surface area contributed by atoms with Crippen LogP contribution in [0.25, 0.3) is 10.7 Å². The summed E-state index contributed by atoms with van der Waals surface area (Å²) in [5.41, 5.74) is 3.69. The molecule has 0 saturated carbocycles. The zero-order chi connectivity index (χ0) is 18.5. The number of thiophene rings is 1. The first kappa shape index (κ1) is 18.1. The van der Waals surface area contributed by atoms with Gasteiger partial charge >= 0.3 is 0 Å². The minimum atomic E-state index is 0.648. The summed E-state index contributed by atoms with van der Waals surface area (Å²) in [6.07, 6.45) is 2.51. The average molecular weight is 367 g/mol. The summed E-state index contributed by atoms with van der Waals surface area (Å²) in [5.74, 6) is 2.31. The van der Waals surface area contributed by atoms with Crippen LogP contribution < -0.4 is 10.1 Å². The van der Waals surface area contributed by atoms with Gasteiger partial charge in [0.15, 0.2) is 5.82 Å². The van der Waals surface area contributed by atoms with Gasteiger partial charge < -0.3 is 10.1 Å². The molecular weight excluding hydrogens is 346 g/mol. The van der Waals surface area contributed by atoms with E-state index in [0.29, 0.717) is 11.4 Å². The van der Waals surface area contributed by atoms with Crippen LogP contribution in [0.15, 0.2) is 35.7 Å². The SMILES string of the molecule is CCc1nc(-c2cc(OC)cs2)nc(Nc2ccc(C=O)cc2)c1CC. The van der Waals surface area contributed by atoms with Crippen LogP contribution in [0.4, 0.5) is 11.5 Å². The molecule has 134 valence electrons. The molecule has 0 spiro atoms. The number of benzene rings is 1. The molecule has 0 fully saturated rings. The van der Waals surface area contributed by atoms with Crippen LogP contribution in [0.5, 0.6) is 5.75 Å². The molecule has 0 aliphatic rings. The number of carbonyl (C=O) groups is 1. The smallest absolute Gasteiger partial charge is 0.172 e. The topological polar surface area (TPSA) is 64.1 Å². The van der Waals surface area contributed by atoms with E-state index < -0.39 is 0 Å². The van der Waals surface area contributed by atoms with Crippen molar-refractivity contribution >= 4 is 29.1 Å². The lowest BCUT2D eigenvalue weighted by molar-refractivity contribution is 0.112. The minimum Gasteiger partial charge on any atom is -0.496 e. The Morgan fingerprint density at radius 1 is 1.15 bits per heavy atom. The van der Waals surface area contributed by atoms with Gasteiger partial charge in [0, 0.05) is 34.0 Å². The summed E-state index contributed by atoms with van der Waals surface area (Å²) in [5, 5.41) is 5.33. The number of methoxy groups -OCH3 is 1. The monoisotopic (exact) mass is 367 g/mol. The van der Waals surface area contributed by atoms with Crippen LogP contribution in [0, 0.1) is 0 Å². The molecule has 0 saturated heterocycles. The Bertz CT molecular complexity index is 904. The maximum Gasteiger partial charge on any atom is 0.172 e. The Hall–Kier alpha value is -2.73. The van der Waals surface area contributed by atoms with Crippen molar-refractivity contribution in [1.82, 2.24) is 9.97 Å². The van der Waals surface area contributed by atoms with Gasteiger partial charge in [0.05, 0.1) is 12.0 Å². The van der Waals surface area contributed by atoms with Gasteiger partial charge in [0.1, 0.15) is 17.9 Å². The Labute approximate surface area is 157 Å². The fraction of sp³-hybridized carbons (Fsp3) is 0.250. The molecule has 0 bridgehead atoms. The number of ether oxygens (including phenoxy) is 1. The number of carbonyl (C=O) groups excluding carboxylic acids is 1. The number of aryl methyl sites for hydroxylation is 1. The molecular formula is C20H21N3O2S. The Balaban J connectivity index is 2.03. The van der Waals surface area contributed by atoms with E-state index >= 15 is 0 Å². The second-order valence-electron chi connectivity index (χ2n) is 5.74. The van der Waals surface area contributed by atoms with Crippen LogP contribution in [0.3, 0.4) is 0 Å². The average Bonchev–Trinajstić information content (AvgIpc) is 3.17. The molecule has 0 atom stereocenters. The lowest BCUT2D eigenvalue weighted by Gasteiger charge is -2.15. The summed E-state index contributed by atoms with van der Waals surface area (Å²) in [6.45, 7) is 4.20. The summed E-state index contributed by atoms with van der Waals surface area (Å²) in [6, 6.07) is 9.28. The second kappa shape index (κ2) is 8.10. The molecule has 2 aromatic heterocycles. The standard InChI is InChI=1S/C20H21N3O2S/c1-4-16-17(5-2)22-20(18-10-15(25-3)12-26-18)23-19(16)21-14-8-6-13(11-24)7-9-14/h6-12H,4-5H2,1-3H3,(H,21,22,23). The minimum absolute atomic E-state index is 0.648. The van der Waals surface area contributed by atoms with Crippen molar-refractivity contribution in [2.75, 3.05) is 12.4 Å². The molecule has 0 unspecified atom stereocenters. The van der Waals surface area contributed by atoms with Crippen molar-refractivity contribution in [3.8, 4) is 16.5 Å². The number of anilines is 2. The van der Waals surface area contributed by atoms with E-state index in [1.165, 1.54) is 0 Å². The summed E-state index contributed by atoms with van der Waals surface area (Å²) in [4.78, 5) is 21.3. The molecule has 5 nitrogen and oxygen atoms in total. The molecule has 0 aliphatic heterocycles. The highest BCUT2D eigenvalue weighted by Gasteiger charge is 2.15. The maximum atomic E-state index is 10.8. The summed E-state index contributed by atoms with van der Waals surface area (Å²) >= 11 is 1.56. The molecule has 2 heterocycles. The first-order valence-electron chi connectivity index (χ1n) is 8.53. The first-order valence-corrected chi connectivity index (χ1v) is 9.41. The highest BCUT2D eigenvalue weighted by Crippen LogP contribution is 2.32. The summed E-state index contributed by atoms with van der Waals surface area (Å²) < 4.78 is 5.28. The van der Waals surface area contributed by atoms with Gasteiger partial charge in [-0.3, -0.25) is 4.79 Å². The predicted octanol–water partition coefficient (Wildman–Crippen LogP) is 4.89. The third-order valence-electron chi connectivity index (χ3n) is 4.12. The molecule has 3 rings (SSSR count). The third-order valence-corrected chi connectivity index (χ3v) is 5.03. The van der Waals surface area contributed by atoms with Crippen LogP contribution in [0.1, 0.15) is 35.5 Å². The molecule has 6 heteroatoms. The Morgan fingerprint density at radius 3 is 2.50 bits per heavy atom. The zero-order valence-corrected chi connectivity index (χ0v) is 15.9. The number of aldehydes is 1. The van der Waals surface area contributed by atoms with Gasteiger partial charge in [-0.15, -0.1) is 11.3 Å².